The van der Waals surface area contributed by atoms with Gasteiger partial charge >= 0.3 is 5.97 Å². The van der Waals surface area contributed by atoms with E-state index in [0.717, 1.165) is 6.42 Å². The molecular weight excluding hydrogens is 440 g/mol. The minimum absolute atomic E-state index is 0.0392. The van der Waals surface area contributed by atoms with E-state index in [-0.39, 0.29) is 34.7 Å². The second-order valence-electron chi connectivity index (χ2n) is 11.3. The minimum Gasteiger partial charge on any atom is -0.457 e. The van der Waals surface area contributed by atoms with E-state index in [2.05, 4.69) is 13.5 Å². The zero-order chi connectivity index (χ0) is 23.9. The number of rotatable bonds is 2. The fourth-order valence-electron chi connectivity index (χ4n) is 8.05. The lowest BCUT2D eigenvalue weighted by molar-refractivity contribution is -0.222. The largest absolute Gasteiger partial charge is 0.457 e. The molecule has 6 heteroatoms. The molecular formula is C27H31ClO5. The Bertz CT molecular complexity index is 1060. The van der Waals surface area contributed by atoms with Crippen LogP contribution in [0.15, 0.2) is 36.4 Å². The maximum atomic E-state index is 13.8. The fourth-order valence-corrected chi connectivity index (χ4v) is 8.18. The summed E-state index contributed by atoms with van der Waals surface area (Å²) in [5, 5.41) is 12.2. The molecule has 0 saturated heterocycles. The van der Waals surface area contributed by atoms with Crippen molar-refractivity contribution in [3.05, 3.63) is 47.0 Å². The van der Waals surface area contributed by atoms with Crippen molar-refractivity contribution in [2.24, 2.45) is 34.0 Å². The third-order valence-corrected chi connectivity index (χ3v) is 9.96. The lowest BCUT2D eigenvalue weighted by Crippen LogP contribution is -2.68. The van der Waals surface area contributed by atoms with E-state index in [1.54, 1.807) is 24.3 Å². The van der Waals surface area contributed by atoms with E-state index >= 15 is 0 Å². The van der Waals surface area contributed by atoms with Crippen LogP contribution in [0.5, 0.6) is 0 Å². The number of hydrogen-bond donors (Lipinski definition) is 1. The van der Waals surface area contributed by atoms with Gasteiger partial charge in [0.05, 0.1) is 17.1 Å². The number of hydrogen-bond acceptors (Lipinski definition) is 5. The van der Waals surface area contributed by atoms with Crippen LogP contribution in [-0.2, 0) is 14.3 Å². The molecule has 176 valence electrons. The molecule has 1 aromatic rings. The van der Waals surface area contributed by atoms with Gasteiger partial charge in [0.15, 0.2) is 5.78 Å². The number of aliphatic hydroxyl groups excluding tert-OH is 1. The van der Waals surface area contributed by atoms with Crippen LogP contribution in [-0.4, -0.2) is 34.9 Å². The SMILES string of the molecule is C=C1C(=O)[C@@]23[C@H](O)C[C@@H]4C(C)(C)C(=O)CC[C@@]4(C)[C@@H]2CC[C@@H]1[C@H]3OC(=O)c1ccc(Cl)cc1. The first-order valence-corrected chi connectivity index (χ1v) is 12.2. The Morgan fingerprint density at radius 2 is 1.79 bits per heavy atom. The Kier molecular flexibility index (Phi) is 5.01. The van der Waals surface area contributed by atoms with Crippen molar-refractivity contribution in [1.82, 2.24) is 0 Å². The number of fused-ring (bicyclic) bond motifs is 3. The van der Waals surface area contributed by atoms with Crippen molar-refractivity contribution in [1.29, 1.82) is 0 Å². The number of esters is 1. The average molecular weight is 471 g/mol. The third-order valence-electron chi connectivity index (χ3n) is 9.71. The Labute approximate surface area is 199 Å². The van der Waals surface area contributed by atoms with Crippen LogP contribution in [0.25, 0.3) is 0 Å². The first-order valence-electron chi connectivity index (χ1n) is 11.9. The molecule has 4 aliphatic rings. The Balaban J connectivity index is 1.58. The Morgan fingerprint density at radius 1 is 1.12 bits per heavy atom. The summed E-state index contributed by atoms with van der Waals surface area (Å²) in [6.07, 6.45) is 1.17. The molecule has 0 aromatic heterocycles. The van der Waals surface area contributed by atoms with Crippen molar-refractivity contribution < 1.29 is 24.2 Å². The summed E-state index contributed by atoms with van der Waals surface area (Å²) in [6.45, 7) is 10.2. The number of Topliss-reactive ketones (excluding diaryl/α,β-unsaturated/α-hetero) is 2. The number of ether oxygens (including phenoxy) is 1. The van der Waals surface area contributed by atoms with Crippen LogP contribution in [0.4, 0.5) is 0 Å². The van der Waals surface area contributed by atoms with Crippen LogP contribution in [0.3, 0.4) is 0 Å². The first-order chi connectivity index (χ1) is 15.5. The van der Waals surface area contributed by atoms with Gasteiger partial charge in [-0.15, -0.1) is 0 Å². The summed E-state index contributed by atoms with van der Waals surface area (Å²) in [6, 6.07) is 6.46. The molecule has 5 rings (SSSR count). The summed E-state index contributed by atoms with van der Waals surface area (Å²) in [5.41, 5.74) is -1.27. The van der Waals surface area contributed by atoms with Gasteiger partial charge in [-0.05, 0) is 72.8 Å². The van der Waals surface area contributed by atoms with Crippen LogP contribution in [0, 0.1) is 34.0 Å². The average Bonchev–Trinajstić information content (AvgIpc) is 2.88. The van der Waals surface area contributed by atoms with E-state index in [1.165, 1.54) is 0 Å². The number of ketones is 2. The predicted octanol–water partition coefficient (Wildman–Crippen LogP) is 4.79. The second-order valence-corrected chi connectivity index (χ2v) is 11.7. The predicted molar refractivity (Wildman–Crippen MR) is 124 cm³/mol. The zero-order valence-electron chi connectivity index (χ0n) is 19.4. The van der Waals surface area contributed by atoms with Crippen molar-refractivity contribution in [3.63, 3.8) is 0 Å². The molecule has 1 aromatic carbocycles. The van der Waals surface area contributed by atoms with Gasteiger partial charge in [0, 0.05) is 22.8 Å². The summed E-state index contributed by atoms with van der Waals surface area (Å²) < 4.78 is 6.08. The van der Waals surface area contributed by atoms with E-state index in [1.807, 2.05) is 13.8 Å². The standard InChI is InChI=1S/C27H31ClO5/c1-14-17-9-10-18-26(4)12-11-20(29)25(2,3)19(26)13-21(30)27(18,22(14)31)23(17)33-24(32)15-5-7-16(28)8-6-15/h5-8,17-19,21,23,30H,1,9-13H2,2-4H3/t17-,18-,19+,21+,23+,26-,27-/m0/s1. The maximum Gasteiger partial charge on any atom is 0.338 e. The van der Waals surface area contributed by atoms with Gasteiger partial charge in [0.2, 0.25) is 0 Å². The van der Waals surface area contributed by atoms with Gasteiger partial charge in [-0.3, -0.25) is 9.59 Å². The normalized spacial score (nSPS) is 41.4. The Morgan fingerprint density at radius 3 is 2.45 bits per heavy atom. The van der Waals surface area contributed by atoms with Crippen LogP contribution in [0.2, 0.25) is 5.02 Å². The van der Waals surface area contributed by atoms with Crippen LogP contribution >= 0.6 is 11.6 Å². The molecule has 0 unspecified atom stereocenters. The number of benzene rings is 1. The summed E-state index contributed by atoms with van der Waals surface area (Å²) in [4.78, 5) is 39.7. The molecule has 33 heavy (non-hydrogen) atoms. The lowest BCUT2D eigenvalue weighted by Gasteiger charge is -2.64. The van der Waals surface area contributed by atoms with Crippen molar-refractivity contribution >= 4 is 29.1 Å². The quantitative estimate of drug-likeness (QED) is 0.496. The highest BCUT2D eigenvalue weighted by molar-refractivity contribution is 6.30. The molecule has 0 amide bonds. The monoisotopic (exact) mass is 470 g/mol. The summed E-state index contributed by atoms with van der Waals surface area (Å²) in [5.74, 6) is -0.985. The molecule has 1 N–H and O–H groups in total. The highest BCUT2D eigenvalue weighted by atomic mass is 35.5. The fraction of sp³-hybridized carbons (Fsp3) is 0.593. The van der Waals surface area contributed by atoms with E-state index in [9.17, 15) is 19.5 Å². The second kappa shape index (κ2) is 7.26. The van der Waals surface area contributed by atoms with Crippen molar-refractivity contribution in [3.8, 4) is 0 Å². The molecule has 5 nitrogen and oxygen atoms in total. The highest BCUT2D eigenvalue weighted by Crippen LogP contribution is 2.71. The topological polar surface area (TPSA) is 80.7 Å². The summed E-state index contributed by atoms with van der Waals surface area (Å²) >= 11 is 5.96. The molecule has 4 saturated carbocycles. The number of carbonyl (C=O) groups is 3. The third kappa shape index (κ3) is 2.84. The molecule has 0 aliphatic heterocycles. The lowest BCUT2D eigenvalue weighted by atomic mass is 9.39. The Hall–Kier alpha value is -1.98. The number of halogens is 1. The maximum absolute atomic E-state index is 13.8. The van der Waals surface area contributed by atoms with Gasteiger partial charge in [-0.1, -0.05) is 39.0 Å². The molecule has 7 atom stereocenters. The zero-order valence-corrected chi connectivity index (χ0v) is 20.2. The van der Waals surface area contributed by atoms with Crippen LogP contribution < -0.4 is 0 Å². The molecule has 2 bridgehead atoms. The van der Waals surface area contributed by atoms with E-state index in [0.29, 0.717) is 41.8 Å². The first kappa shape index (κ1) is 22.8. The van der Waals surface area contributed by atoms with E-state index in [4.69, 9.17) is 16.3 Å². The van der Waals surface area contributed by atoms with E-state index < -0.39 is 29.0 Å². The molecule has 4 fully saturated rings. The highest BCUT2D eigenvalue weighted by Gasteiger charge is 2.75. The van der Waals surface area contributed by atoms with Gasteiger partial charge in [0.1, 0.15) is 11.9 Å². The molecule has 4 aliphatic carbocycles. The van der Waals surface area contributed by atoms with Gasteiger partial charge < -0.3 is 9.84 Å². The minimum atomic E-state index is -1.20. The molecule has 0 heterocycles. The van der Waals surface area contributed by atoms with Gasteiger partial charge in [-0.2, -0.15) is 0 Å². The van der Waals surface area contributed by atoms with Crippen molar-refractivity contribution in [2.45, 2.75) is 65.1 Å². The number of aliphatic hydroxyl groups is 1. The van der Waals surface area contributed by atoms with Gasteiger partial charge in [0.25, 0.3) is 0 Å². The van der Waals surface area contributed by atoms with Crippen molar-refractivity contribution in [2.75, 3.05) is 0 Å². The molecule has 0 radical (unpaired) electrons. The number of carbonyl (C=O) groups excluding carboxylic acids is 3. The summed E-state index contributed by atoms with van der Waals surface area (Å²) in [7, 11) is 0. The van der Waals surface area contributed by atoms with Crippen LogP contribution in [0.1, 0.15) is 63.2 Å². The molecule has 1 spiro atoms. The smallest absolute Gasteiger partial charge is 0.338 e. The van der Waals surface area contributed by atoms with Gasteiger partial charge in [-0.25, -0.2) is 4.79 Å².